The van der Waals surface area contributed by atoms with Crippen LogP contribution in [0.2, 0.25) is 0 Å². The van der Waals surface area contributed by atoms with Crippen LogP contribution in [0.3, 0.4) is 0 Å². The number of nitrogens with zero attached hydrogens (tertiary/aromatic N) is 3. The molecule has 1 heterocycles. The summed E-state index contributed by atoms with van der Waals surface area (Å²) in [6, 6.07) is 10.9. The zero-order chi connectivity index (χ0) is 13.8. The highest BCUT2D eigenvalue weighted by atomic mass is 15.3. The first-order valence-corrected chi connectivity index (χ1v) is 6.83. The molecular weight excluding hydrogens is 236 g/mol. The molecule has 1 aromatic carbocycles. The van der Waals surface area contributed by atoms with Crippen molar-refractivity contribution in [2.24, 2.45) is 5.73 Å². The number of benzene rings is 1. The van der Waals surface area contributed by atoms with Crippen LogP contribution in [0.1, 0.15) is 18.9 Å². The van der Waals surface area contributed by atoms with Crippen molar-refractivity contribution < 1.29 is 0 Å². The van der Waals surface area contributed by atoms with Gasteiger partial charge in [-0.05, 0) is 32.5 Å². The van der Waals surface area contributed by atoms with Crippen molar-refractivity contribution in [3.8, 4) is 6.07 Å². The molecule has 0 aromatic heterocycles. The molecule has 19 heavy (non-hydrogen) atoms. The summed E-state index contributed by atoms with van der Waals surface area (Å²) in [6.07, 6.45) is 1.09. The van der Waals surface area contributed by atoms with Gasteiger partial charge in [0.2, 0.25) is 0 Å². The molecule has 0 amide bonds. The standard InChI is InChI=1S/C15H22N4/c1-12-7-8-18(2)14(10-17)11-19(12)15-6-4-3-5-13(15)9-16/h3-6,12,14H,7-8,10-11,17H2,1-2H3. The van der Waals surface area contributed by atoms with Crippen LogP contribution in [0.5, 0.6) is 0 Å². The molecule has 0 aliphatic carbocycles. The smallest absolute Gasteiger partial charge is 0.101 e. The Hall–Kier alpha value is -1.57. The lowest BCUT2D eigenvalue weighted by atomic mass is 10.1. The Morgan fingerprint density at radius 2 is 2.16 bits per heavy atom. The van der Waals surface area contributed by atoms with E-state index in [4.69, 9.17) is 5.73 Å². The van der Waals surface area contributed by atoms with Crippen molar-refractivity contribution in [1.29, 1.82) is 5.26 Å². The lowest BCUT2D eigenvalue weighted by Crippen LogP contribution is -2.45. The van der Waals surface area contributed by atoms with Gasteiger partial charge < -0.3 is 15.5 Å². The molecule has 2 N–H and O–H groups in total. The second kappa shape index (κ2) is 6.05. The number of hydrogen-bond acceptors (Lipinski definition) is 4. The largest absolute Gasteiger partial charge is 0.366 e. The third-order valence-electron chi connectivity index (χ3n) is 4.07. The first kappa shape index (κ1) is 13.9. The summed E-state index contributed by atoms with van der Waals surface area (Å²) in [7, 11) is 2.13. The van der Waals surface area contributed by atoms with E-state index in [2.05, 4.69) is 29.8 Å². The first-order valence-electron chi connectivity index (χ1n) is 6.83. The number of nitriles is 1. The summed E-state index contributed by atoms with van der Waals surface area (Å²) >= 11 is 0. The average Bonchev–Trinajstić information content (AvgIpc) is 2.59. The fourth-order valence-corrected chi connectivity index (χ4v) is 2.68. The highest BCUT2D eigenvalue weighted by molar-refractivity contribution is 5.60. The molecule has 1 aliphatic rings. The van der Waals surface area contributed by atoms with Crippen LogP contribution >= 0.6 is 0 Å². The second-order valence-corrected chi connectivity index (χ2v) is 5.29. The van der Waals surface area contributed by atoms with Crippen molar-refractivity contribution in [3.05, 3.63) is 29.8 Å². The molecule has 1 aromatic rings. The minimum absolute atomic E-state index is 0.344. The number of para-hydroxylation sites is 1. The van der Waals surface area contributed by atoms with E-state index in [9.17, 15) is 5.26 Å². The molecule has 0 spiro atoms. The maximum Gasteiger partial charge on any atom is 0.101 e. The fourth-order valence-electron chi connectivity index (χ4n) is 2.68. The monoisotopic (exact) mass is 258 g/mol. The van der Waals surface area contributed by atoms with Crippen molar-refractivity contribution in [2.45, 2.75) is 25.4 Å². The number of anilines is 1. The number of rotatable bonds is 2. The Morgan fingerprint density at radius 3 is 2.84 bits per heavy atom. The lowest BCUT2D eigenvalue weighted by Gasteiger charge is -2.32. The number of nitrogens with two attached hydrogens (primary N) is 1. The van der Waals surface area contributed by atoms with Gasteiger partial charge in [0.05, 0.1) is 11.3 Å². The van der Waals surface area contributed by atoms with Gasteiger partial charge in [-0.25, -0.2) is 0 Å². The van der Waals surface area contributed by atoms with Gasteiger partial charge in [0.1, 0.15) is 6.07 Å². The van der Waals surface area contributed by atoms with Crippen molar-refractivity contribution >= 4 is 5.69 Å². The summed E-state index contributed by atoms with van der Waals surface area (Å²) < 4.78 is 0. The van der Waals surface area contributed by atoms with Crippen LogP contribution in [-0.4, -0.2) is 43.7 Å². The molecular formula is C15H22N4. The fraction of sp³-hybridized carbons (Fsp3) is 0.533. The second-order valence-electron chi connectivity index (χ2n) is 5.29. The summed E-state index contributed by atoms with van der Waals surface area (Å²) in [6.45, 7) is 4.80. The van der Waals surface area contributed by atoms with E-state index in [-0.39, 0.29) is 0 Å². The van der Waals surface area contributed by atoms with Crippen LogP contribution in [0.4, 0.5) is 5.69 Å². The molecule has 0 saturated carbocycles. The molecule has 1 aliphatic heterocycles. The topological polar surface area (TPSA) is 56.3 Å². The van der Waals surface area contributed by atoms with E-state index in [0.717, 1.165) is 30.8 Å². The van der Waals surface area contributed by atoms with Gasteiger partial charge in [0, 0.05) is 31.7 Å². The van der Waals surface area contributed by atoms with Crippen LogP contribution < -0.4 is 10.6 Å². The molecule has 1 saturated heterocycles. The highest BCUT2D eigenvalue weighted by Crippen LogP contribution is 2.25. The van der Waals surface area contributed by atoms with Gasteiger partial charge in [-0.15, -0.1) is 0 Å². The highest BCUT2D eigenvalue weighted by Gasteiger charge is 2.26. The number of likely N-dealkylation sites (N-methyl/N-ethyl adjacent to an activating group) is 1. The molecule has 1 fully saturated rings. The Kier molecular flexibility index (Phi) is 4.41. The number of hydrogen-bond donors (Lipinski definition) is 1. The molecule has 102 valence electrons. The molecule has 0 radical (unpaired) electrons. The molecule has 2 unspecified atom stereocenters. The summed E-state index contributed by atoms with van der Waals surface area (Å²) in [4.78, 5) is 4.66. The Bertz CT molecular complexity index is 465. The van der Waals surface area contributed by atoms with Crippen molar-refractivity contribution in [1.82, 2.24) is 4.90 Å². The first-order chi connectivity index (χ1) is 9.17. The molecule has 4 heteroatoms. The van der Waals surface area contributed by atoms with E-state index in [1.54, 1.807) is 0 Å². The van der Waals surface area contributed by atoms with Crippen LogP contribution in [-0.2, 0) is 0 Å². The van der Waals surface area contributed by atoms with E-state index < -0.39 is 0 Å². The molecule has 4 nitrogen and oxygen atoms in total. The SMILES string of the molecule is CC1CCN(C)C(CN)CN1c1ccccc1C#N. The van der Waals surface area contributed by atoms with E-state index in [0.29, 0.717) is 18.6 Å². The Balaban J connectivity index is 2.33. The van der Waals surface area contributed by atoms with Crippen molar-refractivity contribution in [3.63, 3.8) is 0 Å². The van der Waals surface area contributed by atoms with Gasteiger partial charge in [0.15, 0.2) is 0 Å². The summed E-state index contributed by atoms with van der Waals surface area (Å²) in [5.41, 5.74) is 7.66. The zero-order valence-corrected chi connectivity index (χ0v) is 11.7. The third kappa shape index (κ3) is 2.89. The van der Waals surface area contributed by atoms with E-state index in [1.165, 1.54) is 0 Å². The van der Waals surface area contributed by atoms with Gasteiger partial charge in [-0.2, -0.15) is 5.26 Å². The van der Waals surface area contributed by atoms with Crippen LogP contribution in [0.25, 0.3) is 0 Å². The zero-order valence-electron chi connectivity index (χ0n) is 11.7. The van der Waals surface area contributed by atoms with E-state index in [1.807, 2.05) is 24.3 Å². The summed E-state index contributed by atoms with van der Waals surface area (Å²) in [5, 5.41) is 9.27. The lowest BCUT2D eigenvalue weighted by molar-refractivity contribution is 0.265. The molecule has 2 rings (SSSR count). The normalized spacial score (nSPS) is 24.8. The minimum atomic E-state index is 0.344. The minimum Gasteiger partial charge on any atom is -0.366 e. The Morgan fingerprint density at radius 1 is 1.42 bits per heavy atom. The maximum absolute atomic E-state index is 9.27. The predicted molar refractivity (Wildman–Crippen MR) is 78.1 cm³/mol. The maximum atomic E-state index is 9.27. The summed E-state index contributed by atoms with van der Waals surface area (Å²) in [5.74, 6) is 0. The van der Waals surface area contributed by atoms with Crippen molar-refractivity contribution in [2.75, 3.05) is 31.6 Å². The van der Waals surface area contributed by atoms with Gasteiger partial charge in [-0.1, -0.05) is 12.1 Å². The van der Waals surface area contributed by atoms with Gasteiger partial charge in [-0.3, -0.25) is 0 Å². The van der Waals surface area contributed by atoms with E-state index >= 15 is 0 Å². The molecule has 0 bridgehead atoms. The third-order valence-corrected chi connectivity index (χ3v) is 4.07. The molecule has 2 atom stereocenters. The average molecular weight is 258 g/mol. The van der Waals surface area contributed by atoms with Gasteiger partial charge in [0.25, 0.3) is 0 Å². The predicted octanol–water partition coefficient (Wildman–Crippen LogP) is 1.42. The van der Waals surface area contributed by atoms with Crippen LogP contribution in [0, 0.1) is 11.3 Å². The Labute approximate surface area is 115 Å². The van der Waals surface area contributed by atoms with Gasteiger partial charge >= 0.3 is 0 Å². The van der Waals surface area contributed by atoms with Crippen LogP contribution in [0.15, 0.2) is 24.3 Å². The quantitative estimate of drug-likeness (QED) is 0.871.